The highest BCUT2D eigenvalue weighted by Gasteiger charge is 2.43. The number of aliphatic hydroxyl groups excluding tert-OH is 4. The maximum atomic E-state index is 9.79. The summed E-state index contributed by atoms with van der Waals surface area (Å²) in [6.07, 6.45) is -2.26. The van der Waals surface area contributed by atoms with Gasteiger partial charge in [-0.25, -0.2) is 0 Å². The summed E-state index contributed by atoms with van der Waals surface area (Å²) >= 11 is 0. The maximum Gasteiger partial charge on any atom is 0.180 e. The Morgan fingerprint density at radius 1 is 1.28 bits per heavy atom. The fraction of sp³-hybridized carbons (Fsp3) is 0.545. The zero-order valence-corrected chi connectivity index (χ0v) is 9.46. The highest BCUT2D eigenvalue weighted by molar-refractivity contribution is 5.75. The number of aliphatic imine (C=N–C) groups is 1. The lowest BCUT2D eigenvalue weighted by Gasteiger charge is -2.38. The summed E-state index contributed by atoms with van der Waals surface area (Å²) in [5.74, 6) is 0.452. The third-order valence-electron chi connectivity index (χ3n) is 2.78. The van der Waals surface area contributed by atoms with Crippen LogP contribution in [0.15, 0.2) is 27.8 Å². The fourth-order valence-electron chi connectivity index (χ4n) is 1.77. The second-order valence-electron chi connectivity index (χ2n) is 4.01. The molecule has 7 nitrogen and oxygen atoms in total. The molecular formula is C11H15NO6. The minimum atomic E-state index is -1.40. The standard InChI is InChI=1S/C11H15NO6/c13-5-7-9(14)10(15)8(11(16)18-7)12-4-6-2-1-3-17-6/h1-4,7-11,13-16H,5H2/t7-,8-,9-,10-,11-/m1/s1. The molecule has 0 aliphatic carbocycles. The van der Waals surface area contributed by atoms with Gasteiger partial charge in [-0.2, -0.15) is 0 Å². The average Bonchev–Trinajstić information content (AvgIpc) is 2.86. The van der Waals surface area contributed by atoms with Crippen molar-refractivity contribution in [3.8, 4) is 0 Å². The van der Waals surface area contributed by atoms with Gasteiger partial charge in [-0.3, -0.25) is 4.99 Å². The number of aliphatic hydroxyl groups is 4. The monoisotopic (exact) mass is 257 g/mol. The third kappa shape index (κ3) is 2.60. The van der Waals surface area contributed by atoms with Gasteiger partial charge in [0.15, 0.2) is 6.29 Å². The van der Waals surface area contributed by atoms with Gasteiger partial charge in [-0.05, 0) is 12.1 Å². The van der Waals surface area contributed by atoms with E-state index < -0.39 is 37.3 Å². The number of furan rings is 1. The van der Waals surface area contributed by atoms with E-state index in [9.17, 15) is 15.3 Å². The van der Waals surface area contributed by atoms with Crippen molar-refractivity contribution in [3.63, 3.8) is 0 Å². The summed E-state index contributed by atoms with van der Waals surface area (Å²) in [6, 6.07) is 2.29. The Balaban J connectivity index is 2.08. The zero-order valence-electron chi connectivity index (χ0n) is 9.46. The molecule has 0 bridgehead atoms. The molecule has 1 aliphatic heterocycles. The van der Waals surface area contributed by atoms with Gasteiger partial charge < -0.3 is 29.6 Å². The second kappa shape index (κ2) is 5.59. The van der Waals surface area contributed by atoms with E-state index in [4.69, 9.17) is 14.3 Å². The quantitative estimate of drug-likeness (QED) is 0.490. The number of nitrogens with zero attached hydrogens (tertiary/aromatic N) is 1. The average molecular weight is 257 g/mol. The zero-order chi connectivity index (χ0) is 13.1. The summed E-state index contributed by atoms with van der Waals surface area (Å²) in [7, 11) is 0. The van der Waals surface area contributed by atoms with Gasteiger partial charge in [0, 0.05) is 0 Å². The molecule has 1 fully saturated rings. The Morgan fingerprint density at radius 2 is 2.06 bits per heavy atom. The molecule has 18 heavy (non-hydrogen) atoms. The summed E-state index contributed by atoms with van der Waals surface area (Å²) in [6.45, 7) is -0.496. The van der Waals surface area contributed by atoms with E-state index >= 15 is 0 Å². The van der Waals surface area contributed by atoms with Gasteiger partial charge in [-0.1, -0.05) is 0 Å². The highest BCUT2D eigenvalue weighted by Crippen LogP contribution is 2.22. The van der Waals surface area contributed by atoms with Crippen LogP contribution in [0.5, 0.6) is 0 Å². The number of ether oxygens (including phenoxy) is 1. The lowest BCUT2D eigenvalue weighted by atomic mass is 9.97. The first-order valence-corrected chi connectivity index (χ1v) is 5.50. The number of hydrogen-bond acceptors (Lipinski definition) is 7. The summed E-state index contributed by atoms with van der Waals surface area (Å²) < 4.78 is 9.96. The molecule has 1 saturated heterocycles. The van der Waals surface area contributed by atoms with Gasteiger partial charge in [-0.15, -0.1) is 0 Å². The lowest BCUT2D eigenvalue weighted by molar-refractivity contribution is -0.248. The van der Waals surface area contributed by atoms with Crippen molar-refractivity contribution in [2.75, 3.05) is 6.61 Å². The molecule has 100 valence electrons. The minimum absolute atomic E-state index is 0.452. The molecule has 1 aliphatic rings. The highest BCUT2D eigenvalue weighted by atomic mass is 16.6. The van der Waals surface area contributed by atoms with Crippen molar-refractivity contribution in [1.29, 1.82) is 0 Å². The van der Waals surface area contributed by atoms with Crippen LogP contribution >= 0.6 is 0 Å². The molecule has 4 N–H and O–H groups in total. The molecule has 2 heterocycles. The first-order chi connectivity index (χ1) is 8.63. The Kier molecular flexibility index (Phi) is 4.10. The number of hydrogen-bond donors (Lipinski definition) is 4. The Labute approximate surface area is 103 Å². The van der Waals surface area contributed by atoms with E-state index in [1.165, 1.54) is 12.5 Å². The van der Waals surface area contributed by atoms with Gasteiger partial charge in [0.2, 0.25) is 0 Å². The van der Waals surface area contributed by atoms with Crippen LogP contribution in [0.3, 0.4) is 0 Å². The Hall–Kier alpha value is -1.25. The molecule has 0 radical (unpaired) electrons. The molecule has 1 aromatic heterocycles. The first-order valence-electron chi connectivity index (χ1n) is 5.50. The van der Waals surface area contributed by atoms with Crippen LogP contribution in [0, 0.1) is 0 Å². The first kappa shape index (κ1) is 13.2. The molecule has 0 unspecified atom stereocenters. The molecule has 5 atom stereocenters. The Morgan fingerprint density at radius 3 is 2.67 bits per heavy atom. The smallest absolute Gasteiger partial charge is 0.180 e. The molecule has 2 rings (SSSR count). The predicted molar refractivity (Wildman–Crippen MR) is 60.1 cm³/mol. The van der Waals surface area contributed by atoms with Crippen molar-refractivity contribution in [1.82, 2.24) is 0 Å². The summed E-state index contributed by atoms with van der Waals surface area (Å²) in [5, 5.41) is 38.0. The van der Waals surface area contributed by atoms with E-state index in [1.54, 1.807) is 12.1 Å². The molecule has 0 saturated carbocycles. The Bertz CT molecular complexity index is 392. The molecule has 0 amide bonds. The third-order valence-corrected chi connectivity index (χ3v) is 2.78. The summed E-state index contributed by atoms with van der Waals surface area (Å²) in [5.41, 5.74) is 0. The van der Waals surface area contributed by atoms with E-state index in [2.05, 4.69) is 4.99 Å². The van der Waals surface area contributed by atoms with Crippen molar-refractivity contribution in [2.45, 2.75) is 30.6 Å². The van der Waals surface area contributed by atoms with Crippen LogP contribution in [-0.2, 0) is 4.74 Å². The van der Waals surface area contributed by atoms with Crippen molar-refractivity contribution in [2.24, 2.45) is 4.99 Å². The predicted octanol–water partition coefficient (Wildman–Crippen LogP) is -1.50. The largest absolute Gasteiger partial charge is 0.463 e. The molecule has 0 aromatic carbocycles. The minimum Gasteiger partial charge on any atom is -0.463 e. The van der Waals surface area contributed by atoms with Gasteiger partial charge >= 0.3 is 0 Å². The fourth-order valence-corrected chi connectivity index (χ4v) is 1.77. The van der Waals surface area contributed by atoms with Gasteiger partial charge in [0.05, 0.1) is 19.1 Å². The van der Waals surface area contributed by atoms with E-state index in [0.717, 1.165) is 0 Å². The van der Waals surface area contributed by atoms with Gasteiger partial charge in [0.25, 0.3) is 0 Å². The van der Waals surface area contributed by atoms with Crippen molar-refractivity contribution < 1.29 is 29.6 Å². The van der Waals surface area contributed by atoms with E-state index in [1.807, 2.05) is 0 Å². The second-order valence-corrected chi connectivity index (χ2v) is 4.01. The van der Waals surface area contributed by atoms with Crippen LogP contribution in [0.25, 0.3) is 0 Å². The van der Waals surface area contributed by atoms with Gasteiger partial charge in [0.1, 0.15) is 30.1 Å². The molecule has 1 aromatic rings. The summed E-state index contributed by atoms with van der Waals surface area (Å²) in [4.78, 5) is 3.92. The maximum absolute atomic E-state index is 9.79. The SMILES string of the molecule is OC[C@H]1O[C@@H](O)[C@H](N=Cc2ccco2)[C@@H](O)[C@@H]1O. The van der Waals surface area contributed by atoms with E-state index in [0.29, 0.717) is 5.76 Å². The van der Waals surface area contributed by atoms with Crippen molar-refractivity contribution in [3.05, 3.63) is 24.2 Å². The normalized spacial score (nSPS) is 37.2. The lowest BCUT2D eigenvalue weighted by Crippen LogP contribution is -2.57. The molecule has 0 spiro atoms. The molecular weight excluding hydrogens is 242 g/mol. The van der Waals surface area contributed by atoms with Crippen LogP contribution in [0.1, 0.15) is 5.76 Å². The van der Waals surface area contributed by atoms with Crippen LogP contribution < -0.4 is 0 Å². The molecule has 7 heteroatoms. The topological polar surface area (TPSA) is 116 Å². The van der Waals surface area contributed by atoms with E-state index in [-0.39, 0.29) is 0 Å². The van der Waals surface area contributed by atoms with Crippen LogP contribution in [-0.4, -0.2) is 63.9 Å². The van der Waals surface area contributed by atoms with Crippen LogP contribution in [0.2, 0.25) is 0 Å². The van der Waals surface area contributed by atoms with Crippen LogP contribution in [0.4, 0.5) is 0 Å². The number of rotatable bonds is 3. The van der Waals surface area contributed by atoms with Crippen molar-refractivity contribution >= 4 is 6.21 Å².